The molecule has 3 N–H and O–H groups in total. The van der Waals surface area contributed by atoms with Crippen LogP contribution in [0.3, 0.4) is 0 Å². The quantitative estimate of drug-likeness (QED) is 0.489. The Labute approximate surface area is 100 Å². The second-order valence-corrected chi connectivity index (χ2v) is 3.61. The molecule has 0 saturated carbocycles. The Bertz CT molecular complexity index is 599. The van der Waals surface area contributed by atoms with E-state index in [0.29, 0.717) is 6.07 Å². The van der Waals surface area contributed by atoms with Gasteiger partial charge in [0.1, 0.15) is 11.6 Å². The van der Waals surface area contributed by atoms with Gasteiger partial charge < -0.3 is 11.1 Å². The van der Waals surface area contributed by atoms with E-state index in [1.54, 1.807) is 0 Å². The highest BCUT2D eigenvalue weighted by atomic mass is 19.2. The summed E-state index contributed by atoms with van der Waals surface area (Å²) in [5, 5.41) is 2.40. The zero-order valence-electron chi connectivity index (χ0n) is 8.98. The van der Waals surface area contributed by atoms with Crippen molar-refractivity contribution in [3.63, 3.8) is 0 Å². The molecule has 0 fully saturated rings. The fourth-order valence-electron chi connectivity index (χ4n) is 1.44. The Kier molecular flexibility index (Phi) is 3.10. The molecule has 0 bridgehead atoms. The molecule has 2 aromatic carbocycles. The molecule has 6 heteroatoms. The maximum Gasteiger partial charge on any atom is 0.182 e. The second kappa shape index (κ2) is 4.56. The van der Waals surface area contributed by atoms with Gasteiger partial charge in [-0.1, -0.05) is 0 Å². The zero-order chi connectivity index (χ0) is 13.3. The zero-order valence-corrected chi connectivity index (χ0v) is 8.98. The molecular formula is C12H8F4N2. The van der Waals surface area contributed by atoms with E-state index in [4.69, 9.17) is 5.73 Å². The first-order valence-electron chi connectivity index (χ1n) is 4.94. The van der Waals surface area contributed by atoms with Crippen LogP contribution < -0.4 is 11.1 Å². The summed E-state index contributed by atoms with van der Waals surface area (Å²) in [7, 11) is 0. The van der Waals surface area contributed by atoms with Crippen LogP contribution in [0.5, 0.6) is 0 Å². The normalized spacial score (nSPS) is 10.4. The molecule has 0 radical (unpaired) electrons. The van der Waals surface area contributed by atoms with Crippen molar-refractivity contribution < 1.29 is 17.6 Å². The molecule has 0 atom stereocenters. The van der Waals surface area contributed by atoms with Gasteiger partial charge in [0.25, 0.3) is 0 Å². The molecule has 0 aliphatic heterocycles. The van der Waals surface area contributed by atoms with Crippen molar-refractivity contribution in [2.75, 3.05) is 11.1 Å². The molecule has 2 nitrogen and oxygen atoms in total. The van der Waals surface area contributed by atoms with Gasteiger partial charge in [0.2, 0.25) is 0 Å². The molecule has 94 valence electrons. The lowest BCUT2D eigenvalue weighted by atomic mass is 10.2. The summed E-state index contributed by atoms with van der Waals surface area (Å²) >= 11 is 0. The first-order chi connectivity index (χ1) is 8.47. The molecule has 2 aromatic rings. The predicted octanol–water partition coefficient (Wildman–Crippen LogP) is 3.57. The Balaban J connectivity index is 2.40. The summed E-state index contributed by atoms with van der Waals surface area (Å²) in [5.74, 6) is -4.06. The van der Waals surface area contributed by atoms with Gasteiger partial charge >= 0.3 is 0 Å². The first kappa shape index (κ1) is 12.2. The van der Waals surface area contributed by atoms with Gasteiger partial charge in [0.15, 0.2) is 11.6 Å². The van der Waals surface area contributed by atoms with E-state index >= 15 is 0 Å². The number of benzene rings is 2. The summed E-state index contributed by atoms with van der Waals surface area (Å²) in [5.41, 5.74) is 5.22. The molecule has 0 saturated heterocycles. The van der Waals surface area contributed by atoms with Crippen LogP contribution in [0.4, 0.5) is 34.6 Å². The third-order valence-electron chi connectivity index (χ3n) is 2.28. The van der Waals surface area contributed by atoms with E-state index in [-0.39, 0.29) is 11.4 Å². The molecule has 0 unspecified atom stereocenters. The van der Waals surface area contributed by atoms with E-state index < -0.39 is 29.0 Å². The van der Waals surface area contributed by atoms with E-state index in [9.17, 15) is 17.6 Å². The molecule has 0 amide bonds. The molecule has 0 aliphatic rings. The van der Waals surface area contributed by atoms with Gasteiger partial charge in [-0.3, -0.25) is 0 Å². The lowest BCUT2D eigenvalue weighted by molar-refractivity contribution is 0.498. The highest BCUT2D eigenvalue weighted by Crippen LogP contribution is 2.27. The molecule has 0 aliphatic carbocycles. The van der Waals surface area contributed by atoms with Crippen molar-refractivity contribution in [2.45, 2.75) is 0 Å². The van der Waals surface area contributed by atoms with Gasteiger partial charge in [-0.25, -0.2) is 17.6 Å². The van der Waals surface area contributed by atoms with E-state index in [0.717, 1.165) is 18.2 Å². The van der Waals surface area contributed by atoms with Gasteiger partial charge in [-0.2, -0.15) is 0 Å². The molecule has 0 aromatic heterocycles. The third kappa shape index (κ3) is 2.37. The Morgan fingerprint density at radius 1 is 0.833 bits per heavy atom. The number of hydrogen-bond acceptors (Lipinski definition) is 2. The van der Waals surface area contributed by atoms with Gasteiger partial charge in [-0.05, 0) is 18.2 Å². The Morgan fingerprint density at radius 2 is 1.56 bits per heavy atom. The SMILES string of the molecule is Nc1cc(F)ccc1Nc1cc(F)cc(F)c1F. The van der Waals surface area contributed by atoms with Crippen molar-refractivity contribution >= 4 is 17.1 Å². The lowest BCUT2D eigenvalue weighted by Gasteiger charge is -2.10. The van der Waals surface area contributed by atoms with Gasteiger partial charge in [0, 0.05) is 12.1 Å². The summed E-state index contributed by atoms with van der Waals surface area (Å²) in [4.78, 5) is 0. The second-order valence-electron chi connectivity index (χ2n) is 3.61. The topological polar surface area (TPSA) is 38.0 Å². The van der Waals surface area contributed by atoms with Crippen LogP contribution >= 0.6 is 0 Å². The molecule has 0 heterocycles. The molecular weight excluding hydrogens is 248 g/mol. The van der Waals surface area contributed by atoms with Crippen molar-refractivity contribution in [3.05, 3.63) is 53.6 Å². The smallest absolute Gasteiger partial charge is 0.182 e. The molecule has 0 spiro atoms. The van der Waals surface area contributed by atoms with Crippen molar-refractivity contribution in [2.24, 2.45) is 0 Å². The highest BCUT2D eigenvalue weighted by Gasteiger charge is 2.12. The number of nitrogen functional groups attached to an aromatic ring is 1. The molecule has 18 heavy (non-hydrogen) atoms. The van der Waals surface area contributed by atoms with Crippen LogP contribution in [0.25, 0.3) is 0 Å². The Morgan fingerprint density at radius 3 is 2.22 bits per heavy atom. The van der Waals surface area contributed by atoms with Crippen molar-refractivity contribution in [1.29, 1.82) is 0 Å². The van der Waals surface area contributed by atoms with Crippen LogP contribution in [0, 0.1) is 23.3 Å². The van der Waals surface area contributed by atoms with Crippen LogP contribution in [0.15, 0.2) is 30.3 Å². The minimum atomic E-state index is -1.32. The number of nitrogens with one attached hydrogen (secondary N) is 1. The van der Waals surface area contributed by atoms with Crippen LogP contribution in [0.2, 0.25) is 0 Å². The summed E-state index contributed by atoms with van der Waals surface area (Å²) in [6, 6.07) is 4.55. The van der Waals surface area contributed by atoms with E-state index in [1.807, 2.05) is 0 Å². The van der Waals surface area contributed by atoms with Crippen molar-refractivity contribution in [3.8, 4) is 0 Å². The number of nitrogens with two attached hydrogens (primary N) is 1. The summed E-state index contributed by atoms with van der Waals surface area (Å²) < 4.78 is 52.0. The predicted molar refractivity (Wildman–Crippen MR) is 60.4 cm³/mol. The maximum absolute atomic E-state index is 13.4. The lowest BCUT2D eigenvalue weighted by Crippen LogP contribution is -2.01. The van der Waals surface area contributed by atoms with Crippen molar-refractivity contribution in [1.82, 2.24) is 0 Å². The first-order valence-corrected chi connectivity index (χ1v) is 4.94. The monoisotopic (exact) mass is 256 g/mol. The van der Waals surface area contributed by atoms with E-state index in [1.165, 1.54) is 6.07 Å². The fourth-order valence-corrected chi connectivity index (χ4v) is 1.44. The largest absolute Gasteiger partial charge is 0.397 e. The van der Waals surface area contributed by atoms with Crippen LogP contribution in [0.1, 0.15) is 0 Å². The average molecular weight is 256 g/mol. The number of rotatable bonds is 2. The fraction of sp³-hybridized carbons (Fsp3) is 0. The highest BCUT2D eigenvalue weighted by molar-refractivity contribution is 5.72. The summed E-state index contributed by atoms with van der Waals surface area (Å²) in [6.45, 7) is 0. The standard InChI is InChI=1S/C12H8F4N2/c13-6-1-2-10(9(17)4-6)18-11-5-7(14)3-8(15)12(11)16/h1-5,18H,17H2. The van der Waals surface area contributed by atoms with Crippen LogP contribution in [-0.2, 0) is 0 Å². The van der Waals surface area contributed by atoms with Gasteiger partial charge in [0.05, 0.1) is 17.1 Å². The minimum Gasteiger partial charge on any atom is -0.397 e. The third-order valence-corrected chi connectivity index (χ3v) is 2.28. The summed E-state index contributed by atoms with van der Waals surface area (Å²) in [6.07, 6.45) is 0. The van der Waals surface area contributed by atoms with Crippen LogP contribution in [-0.4, -0.2) is 0 Å². The molecule has 2 rings (SSSR count). The average Bonchev–Trinajstić information content (AvgIpc) is 2.29. The number of anilines is 3. The van der Waals surface area contributed by atoms with E-state index in [2.05, 4.69) is 5.32 Å². The minimum absolute atomic E-state index is 0.000862. The Hall–Kier alpha value is -2.24. The number of halogens is 4. The number of hydrogen-bond donors (Lipinski definition) is 2. The maximum atomic E-state index is 13.4. The van der Waals surface area contributed by atoms with Gasteiger partial charge in [-0.15, -0.1) is 0 Å².